The minimum absolute atomic E-state index is 0.0218. The van der Waals surface area contributed by atoms with Gasteiger partial charge in [0.15, 0.2) is 0 Å². The Labute approximate surface area is 128 Å². The molecule has 0 atom stereocenters. The van der Waals surface area contributed by atoms with Crippen LogP contribution in [0.15, 0.2) is 42.0 Å². The minimum atomic E-state index is -4.48. The van der Waals surface area contributed by atoms with Gasteiger partial charge in [-0.25, -0.2) is 4.79 Å². The third-order valence-electron chi connectivity index (χ3n) is 3.87. The average molecular weight is 312 g/mol. The second kappa shape index (κ2) is 7.47. The Balaban J connectivity index is 2.02. The first-order valence-electron chi connectivity index (χ1n) is 7.46. The van der Waals surface area contributed by atoms with Gasteiger partial charge in [-0.2, -0.15) is 13.2 Å². The number of allylic oxidation sites excluding steroid dienone is 1. The van der Waals surface area contributed by atoms with E-state index in [0.717, 1.165) is 24.8 Å². The highest BCUT2D eigenvalue weighted by Gasteiger charge is 2.39. The van der Waals surface area contributed by atoms with E-state index in [1.165, 1.54) is 0 Å². The predicted octanol–water partition coefficient (Wildman–Crippen LogP) is 4.80. The molecule has 0 saturated heterocycles. The van der Waals surface area contributed by atoms with Crippen molar-refractivity contribution in [2.75, 3.05) is 0 Å². The molecular weight excluding hydrogens is 293 g/mol. The smallest absolute Gasteiger partial charge is 0.413 e. The lowest BCUT2D eigenvalue weighted by Crippen LogP contribution is -2.23. The monoisotopic (exact) mass is 312 g/mol. The van der Waals surface area contributed by atoms with Crippen LogP contribution in [0.1, 0.15) is 37.7 Å². The number of rotatable bonds is 4. The number of ether oxygens (including phenoxy) is 1. The maximum Gasteiger partial charge on any atom is 0.413 e. The van der Waals surface area contributed by atoms with Crippen LogP contribution in [0.3, 0.4) is 0 Å². The summed E-state index contributed by atoms with van der Waals surface area (Å²) in [4.78, 5) is 11.7. The molecule has 1 aliphatic rings. The molecule has 1 fully saturated rings. The molecule has 1 saturated carbocycles. The van der Waals surface area contributed by atoms with Gasteiger partial charge in [0.25, 0.3) is 0 Å². The van der Waals surface area contributed by atoms with Gasteiger partial charge >= 0.3 is 12.1 Å². The van der Waals surface area contributed by atoms with Crippen LogP contribution >= 0.6 is 0 Å². The highest BCUT2D eigenvalue weighted by Crippen LogP contribution is 2.39. The van der Waals surface area contributed by atoms with Gasteiger partial charge < -0.3 is 4.74 Å². The summed E-state index contributed by atoms with van der Waals surface area (Å²) in [6, 6.07) is 8.88. The van der Waals surface area contributed by atoms with Crippen molar-refractivity contribution in [1.82, 2.24) is 0 Å². The van der Waals surface area contributed by atoms with Crippen LogP contribution in [0.25, 0.3) is 0 Å². The second-order valence-corrected chi connectivity index (χ2v) is 5.53. The zero-order valence-electron chi connectivity index (χ0n) is 12.2. The summed E-state index contributed by atoms with van der Waals surface area (Å²) in [6.45, 7) is -0.0218. The van der Waals surface area contributed by atoms with Crippen LogP contribution in [-0.2, 0) is 16.1 Å². The molecule has 2 nitrogen and oxygen atoms in total. The largest absolute Gasteiger partial charge is 0.458 e. The Bertz CT molecular complexity index is 514. The Kier molecular flexibility index (Phi) is 5.63. The fourth-order valence-electron chi connectivity index (χ4n) is 2.74. The average Bonchev–Trinajstić information content (AvgIpc) is 2.51. The van der Waals surface area contributed by atoms with E-state index in [1.54, 1.807) is 24.3 Å². The van der Waals surface area contributed by atoms with E-state index in [1.807, 2.05) is 6.07 Å². The lowest BCUT2D eigenvalue weighted by atomic mass is 9.83. The standard InChI is InChI=1S/C17H19F3O2/c18-17(19,20)15(14-9-5-2-6-10-14)11-16(21)22-12-13-7-3-1-4-8-13/h1,3-4,7-8,11,14H,2,5-6,9-10,12H2/b15-11+. The van der Waals surface area contributed by atoms with Crippen LogP contribution in [0.4, 0.5) is 13.2 Å². The van der Waals surface area contributed by atoms with E-state index in [-0.39, 0.29) is 6.61 Å². The number of hydrogen-bond acceptors (Lipinski definition) is 2. The summed E-state index contributed by atoms with van der Waals surface area (Å²) in [5.74, 6) is -1.51. The Morgan fingerprint density at radius 2 is 1.77 bits per heavy atom. The molecule has 22 heavy (non-hydrogen) atoms. The molecular formula is C17H19F3O2. The predicted molar refractivity (Wildman–Crippen MR) is 77.0 cm³/mol. The van der Waals surface area contributed by atoms with E-state index in [9.17, 15) is 18.0 Å². The van der Waals surface area contributed by atoms with Gasteiger partial charge in [-0.05, 0) is 24.3 Å². The zero-order chi connectivity index (χ0) is 16.0. The summed E-state index contributed by atoms with van der Waals surface area (Å²) >= 11 is 0. The lowest BCUT2D eigenvalue weighted by Gasteiger charge is -2.25. The van der Waals surface area contributed by atoms with Crippen molar-refractivity contribution in [2.24, 2.45) is 5.92 Å². The molecule has 0 heterocycles. The Morgan fingerprint density at radius 1 is 1.14 bits per heavy atom. The molecule has 0 amide bonds. The van der Waals surface area contributed by atoms with E-state index < -0.39 is 23.6 Å². The normalized spacial score (nSPS) is 17.3. The van der Waals surface area contributed by atoms with E-state index in [4.69, 9.17) is 4.74 Å². The number of alkyl halides is 3. The number of carbonyl (C=O) groups is 1. The molecule has 120 valence electrons. The van der Waals surface area contributed by atoms with Crippen molar-refractivity contribution in [3.05, 3.63) is 47.5 Å². The molecule has 5 heteroatoms. The summed E-state index contributed by atoms with van der Waals surface area (Å²) in [5.41, 5.74) is 0.000682. The summed E-state index contributed by atoms with van der Waals surface area (Å²) in [7, 11) is 0. The van der Waals surface area contributed by atoms with Gasteiger partial charge in [-0.3, -0.25) is 0 Å². The molecule has 0 aromatic heterocycles. The number of benzene rings is 1. The van der Waals surface area contributed by atoms with Crippen molar-refractivity contribution in [3.8, 4) is 0 Å². The van der Waals surface area contributed by atoms with Crippen LogP contribution < -0.4 is 0 Å². The van der Waals surface area contributed by atoms with Crippen molar-refractivity contribution >= 4 is 5.97 Å². The summed E-state index contributed by atoms with van der Waals surface area (Å²) in [6.07, 6.45) is -0.365. The maximum absolute atomic E-state index is 13.2. The maximum atomic E-state index is 13.2. The van der Waals surface area contributed by atoms with E-state index in [2.05, 4.69) is 0 Å². The van der Waals surface area contributed by atoms with Gasteiger partial charge in [0.1, 0.15) is 6.61 Å². The zero-order valence-corrected chi connectivity index (χ0v) is 12.2. The first kappa shape index (κ1) is 16.6. The topological polar surface area (TPSA) is 26.3 Å². The summed E-state index contributed by atoms with van der Waals surface area (Å²) < 4.78 is 44.4. The minimum Gasteiger partial charge on any atom is -0.458 e. The van der Waals surface area contributed by atoms with Crippen molar-refractivity contribution in [1.29, 1.82) is 0 Å². The fraction of sp³-hybridized carbons (Fsp3) is 0.471. The van der Waals surface area contributed by atoms with Crippen LogP contribution in [-0.4, -0.2) is 12.1 Å². The SMILES string of the molecule is O=C(/C=C(\C1CCCCC1)C(F)(F)F)OCc1ccccc1. The molecule has 1 aromatic carbocycles. The van der Waals surface area contributed by atoms with Gasteiger partial charge in [0.2, 0.25) is 0 Å². The molecule has 2 rings (SSSR count). The summed E-state index contributed by atoms with van der Waals surface area (Å²) in [5, 5.41) is 0. The number of carbonyl (C=O) groups excluding carboxylic acids is 1. The van der Waals surface area contributed by atoms with Crippen molar-refractivity contribution in [2.45, 2.75) is 44.9 Å². The molecule has 0 N–H and O–H groups in total. The number of hydrogen-bond donors (Lipinski definition) is 0. The highest BCUT2D eigenvalue weighted by atomic mass is 19.4. The van der Waals surface area contributed by atoms with Gasteiger partial charge in [0, 0.05) is 11.6 Å². The Hall–Kier alpha value is -1.78. The van der Waals surface area contributed by atoms with Crippen LogP contribution in [0, 0.1) is 5.92 Å². The van der Waals surface area contributed by atoms with Crippen molar-refractivity contribution < 1.29 is 22.7 Å². The molecule has 0 bridgehead atoms. The molecule has 0 spiro atoms. The van der Waals surface area contributed by atoms with Crippen LogP contribution in [0.5, 0.6) is 0 Å². The second-order valence-electron chi connectivity index (χ2n) is 5.53. The first-order valence-corrected chi connectivity index (χ1v) is 7.46. The fourth-order valence-corrected chi connectivity index (χ4v) is 2.74. The molecule has 1 aliphatic carbocycles. The van der Waals surface area contributed by atoms with E-state index in [0.29, 0.717) is 18.9 Å². The highest BCUT2D eigenvalue weighted by molar-refractivity contribution is 5.83. The molecule has 0 unspecified atom stereocenters. The van der Waals surface area contributed by atoms with Crippen molar-refractivity contribution in [3.63, 3.8) is 0 Å². The molecule has 1 aromatic rings. The first-order chi connectivity index (χ1) is 10.5. The third-order valence-corrected chi connectivity index (χ3v) is 3.87. The Morgan fingerprint density at radius 3 is 2.36 bits per heavy atom. The number of halogens is 3. The molecule has 0 radical (unpaired) electrons. The van der Waals surface area contributed by atoms with E-state index >= 15 is 0 Å². The van der Waals surface area contributed by atoms with Gasteiger partial charge in [-0.1, -0.05) is 49.6 Å². The quantitative estimate of drug-likeness (QED) is 0.590. The van der Waals surface area contributed by atoms with Crippen LogP contribution in [0.2, 0.25) is 0 Å². The number of esters is 1. The van der Waals surface area contributed by atoms with Gasteiger partial charge in [-0.15, -0.1) is 0 Å². The third kappa shape index (κ3) is 4.90. The lowest BCUT2D eigenvalue weighted by molar-refractivity contribution is -0.140. The molecule has 0 aliphatic heterocycles. The van der Waals surface area contributed by atoms with Gasteiger partial charge in [0.05, 0.1) is 0 Å².